The molecule has 5 heteroatoms. The highest BCUT2D eigenvalue weighted by molar-refractivity contribution is 5.80. The summed E-state index contributed by atoms with van der Waals surface area (Å²) in [7, 11) is 0. The topological polar surface area (TPSA) is 69.6 Å². The lowest BCUT2D eigenvalue weighted by atomic mass is 9.74. The van der Waals surface area contributed by atoms with Crippen LogP contribution in [0, 0.1) is 5.41 Å². The minimum Gasteiger partial charge on any atom is -0.481 e. The molecule has 0 radical (unpaired) electrons. The number of rotatable bonds is 3. The number of hydrogen-bond donors (Lipinski definition) is 2. The van der Waals surface area contributed by atoms with Gasteiger partial charge in [0.1, 0.15) is 0 Å². The fourth-order valence-electron chi connectivity index (χ4n) is 3.17. The van der Waals surface area contributed by atoms with E-state index in [1.165, 1.54) is 19.3 Å². The van der Waals surface area contributed by atoms with Gasteiger partial charge in [-0.25, -0.2) is 0 Å². The van der Waals surface area contributed by atoms with Crippen molar-refractivity contribution in [2.45, 2.75) is 38.5 Å². The third-order valence-electron chi connectivity index (χ3n) is 4.13. The molecule has 0 aromatic rings. The number of carboxylic acids is 1. The highest BCUT2D eigenvalue weighted by Gasteiger charge is 2.37. The highest BCUT2D eigenvalue weighted by Crippen LogP contribution is 2.36. The summed E-state index contributed by atoms with van der Waals surface area (Å²) in [5, 5.41) is 12.0. The van der Waals surface area contributed by atoms with E-state index >= 15 is 0 Å². The van der Waals surface area contributed by atoms with Crippen LogP contribution in [0.4, 0.5) is 0 Å². The number of likely N-dealkylation sites (tertiary alicyclic amines) is 1. The van der Waals surface area contributed by atoms with E-state index in [4.69, 9.17) is 5.11 Å². The van der Waals surface area contributed by atoms with E-state index in [0.29, 0.717) is 0 Å². The second kappa shape index (κ2) is 5.69. The van der Waals surface area contributed by atoms with Crippen LogP contribution in [-0.2, 0) is 9.59 Å². The summed E-state index contributed by atoms with van der Waals surface area (Å²) in [5.74, 6) is -0.892. The Morgan fingerprint density at radius 1 is 1.22 bits per heavy atom. The summed E-state index contributed by atoms with van der Waals surface area (Å²) >= 11 is 0. The van der Waals surface area contributed by atoms with Gasteiger partial charge in [0.05, 0.1) is 6.42 Å². The third-order valence-corrected chi connectivity index (χ3v) is 4.13. The zero-order valence-corrected chi connectivity index (χ0v) is 10.8. The summed E-state index contributed by atoms with van der Waals surface area (Å²) in [6.07, 6.45) is 4.67. The van der Waals surface area contributed by atoms with Crippen LogP contribution in [0.5, 0.6) is 0 Å². The van der Waals surface area contributed by atoms with Gasteiger partial charge in [0, 0.05) is 31.5 Å². The second-order valence-electron chi connectivity index (χ2n) is 5.59. The number of nitrogens with zero attached hydrogens (tertiary/aromatic N) is 1. The molecule has 2 aliphatic heterocycles. The van der Waals surface area contributed by atoms with E-state index in [2.05, 4.69) is 5.32 Å². The molecule has 2 aliphatic rings. The van der Waals surface area contributed by atoms with Gasteiger partial charge < -0.3 is 15.3 Å². The first-order chi connectivity index (χ1) is 8.61. The molecule has 2 saturated heterocycles. The van der Waals surface area contributed by atoms with Crippen molar-refractivity contribution in [1.29, 1.82) is 0 Å². The van der Waals surface area contributed by atoms with Crippen LogP contribution in [0.15, 0.2) is 0 Å². The van der Waals surface area contributed by atoms with Crippen LogP contribution in [0.25, 0.3) is 0 Å². The first-order valence-corrected chi connectivity index (χ1v) is 6.82. The Labute approximate surface area is 108 Å². The molecule has 0 aromatic heterocycles. The number of nitrogens with one attached hydrogen (secondary N) is 1. The number of piperidine rings is 2. The molecule has 1 unspecified atom stereocenters. The minimum absolute atomic E-state index is 0.00190. The zero-order chi connectivity index (χ0) is 13.0. The van der Waals surface area contributed by atoms with Crippen molar-refractivity contribution >= 4 is 11.9 Å². The van der Waals surface area contributed by atoms with Crippen molar-refractivity contribution in [3.8, 4) is 0 Å². The van der Waals surface area contributed by atoms with Gasteiger partial charge in [-0.2, -0.15) is 0 Å². The summed E-state index contributed by atoms with van der Waals surface area (Å²) in [6.45, 7) is 3.67. The molecule has 5 nitrogen and oxygen atoms in total. The predicted molar refractivity (Wildman–Crippen MR) is 67.2 cm³/mol. The number of carbonyl (C=O) groups is 2. The Morgan fingerprint density at radius 3 is 2.67 bits per heavy atom. The van der Waals surface area contributed by atoms with Gasteiger partial charge in [0.15, 0.2) is 0 Å². The molecular weight excluding hydrogens is 232 g/mol. The molecular formula is C13H22N2O3. The fourth-order valence-corrected chi connectivity index (χ4v) is 3.17. The van der Waals surface area contributed by atoms with E-state index in [0.717, 1.165) is 32.6 Å². The summed E-state index contributed by atoms with van der Waals surface area (Å²) in [5.41, 5.74) is 0.245. The Morgan fingerprint density at radius 2 is 2.00 bits per heavy atom. The van der Waals surface area contributed by atoms with Gasteiger partial charge in [-0.3, -0.25) is 9.59 Å². The lowest BCUT2D eigenvalue weighted by Gasteiger charge is -2.45. The van der Waals surface area contributed by atoms with E-state index < -0.39 is 5.97 Å². The molecule has 1 atom stereocenters. The van der Waals surface area contributed by atoms with Gasteiger partial charge in [-0.15, -0.1) is 0 Å². The molecule has 1 spiro atoms. The van der Waals surface area contributed by atoms with Crippen molar-refractivity contribution in [3.63, 3.8) is 0 Å². The molecule has 0 bridgehead atoms. The molecule has 0 aliphatic carbocycles. The molecule has 102 valence electrons. The molecule has 1 amide bonds. The smallest absolute Gasteiger partial charge is 0.303 e. The number of hydrogen-bond acceptors (Lipinski definition) is 3. The monoisotopic (exact) mass is 254 g/mol. The van der Waals surface area contributed by atoms with Gasteiger partial charge in [0.2, 0.25) is 5.91 Å². The number of carbonyl (C=O) groups excluding carboxylic acids is 1. The maximum Gasteiger partial charge on any atom is 0.303 e. The number of aliphatic carboxylic acids is 1. The lowest BCUT2D eigenvalue weighted by molar-refractivity contribution is -0.142. The van der Waals surface area contributed by atoms with E-state index in [-0.39, 0.29) is 24.2 Å². The van der Waals surface area contributed by atoms with Crippen LogP contribution in [0.2, 0.25) is 0 Å². The van der Waals surface area contributed by atoms with Crippen molar-refractivity contribution in [2.24, 2.45) is 5.41 Å². The molecule has 2 rings (SSSR count). The number of carboxylic acid groups (broad SMARTS) is 1. The Bertz CT molecular complexity index is 319. The zero-order valence-electron chi connectivity index (χ0n) is 10.8. The van der Waals surface area contributed by atoms with Gasteiger partial charge in [-0.05, 0) is 32.2 Å². The average molecular weight is 254 g/mol. The SMILES string of the molecule is O=C(O)CCC(=O)N1CCCC2(CCCNC2)C1. The second-order valence-corrected chi connectivity index (χ2v) is 5.59. The van der Waals surface area contributed by atoms with Gasteiger partial charge >= 0.3 is 5.97 Å². The molecule has 18 heavy (non-hydrogen) atoms. The van der Waals surface area contributed by atoms with Crippen molar-refractivity contribution in [2.75, 3.05) is 26.2 Å². The number of amides is 1. The third kappa shape index (κ3) is 3.22. The molecule has 2 fully saturated rings. The molecule has 0 aromatic carbocycles. The molecule has 2 heterocycles. The van der Waals surface area contributed by atoms with Crippen LogP contribution >= 0.6 is 0 Å². The molecule has 2 N–H and O–H groups in total. The van der Waals surface area contributed by atoms with E-state index in [1.54, 1.807) is 0 Å². The van der Waals surface area contributed by atoms with Crippen molar-refractivity contribution in [1.82, 2.24) is 10.2 Å². The van der Waals surface area contributed by atoms with Crippen LogP contribution < -0.4 is 5.32 Å². The van der Waals surface area contributed by atoms with E-state index in [1.807, 2.05) is 4.90 Å². The average Bonchev–Trinajstić information content (AvgIpc) is 2.37. The quantitative estimate of drug-likeness (QED) is 0.783. The minimum atomic E-state index is -0.894. The Hall–Kier alpha value is -1.10. The lowest BCUT2D eigenvalue weighted by Crippen LogP contribution is -2.52. The summed E-state index contributed by atoms with van der Waals surface area (Å²) in [6, 6.07) is 0. The normalized spacial score (nSPS) is 28.3. The van der Waals surface area contributed by atoms with Gasteiger partial charge in [0.25, 0.3) is 0 Å². The van der Waals surface area contributed by atoms with Crippen LogP contribution in [0.1, 0.15) is 38.5 Å². The van der Waals surface area contributed by atoms with Gasteiger partial charge in [-0.1, -0.05) is 0 Å². The summed E-state index contributed by atoms with van der Waals surface area (Å²) < 4.78 is 0. The first-order valence-electron chi connectivity index (χ1n) is 6.82. The Balaban J connectivity index is 1.89. The van der Waals surface area contributed by atoms with E-state index in [9.17, 15) is 9.59 Å². The predicted octanol–water partition coefficient (Wildman–Crippen LogP) is 0.843. The molecule has 0 saturated carbocycles. The fraction of sp³-hybridized carbons (Fsp3) is 0.846. The maximum absolute atomic E-state index is 12.0. The van der Waals surface area contributed by atoms with Crippen LogP contribution in [-0.4, -0.2) is 48.1 Å². The maximum atomic E-state index is 12.0. The van der Waals surface area contributed by atoms with Crippen LogP contribution in [0.3, 0.4) is 0 Å². The first kappa shape index (κ1) is 13.3. The van der Waals surface area contributed by atoms with Crippen molar-refractivity contribution < 1.29 is 14.7 Å². The highest BCUT2D eigenvalue weighted by atomic mass is 16.4. The standard InChI is InChI=1S/C13H22N2O3/c16-11(3-4-12(17)18)15-8-2-6-13(10-15)5-1-7-14-9-13/h14H,1-10H2,(H,17,18). The van der Waals surface area contributed by atoms with Crippen molar-refractivity contribution in [3.05, 3.63) is 0 Å². The largest absolute Gasteiger partial charge is 0.481 e. The Kier molecular flexibility index (Phi) is 4.22. The summed E-state index contributed by atoms with van der Waals surface area (Å²) in [4.78, 5) is 24.3.